The van der Waals surface area contributed by atoms with Crippen LogP contribution in [0.1, 0.15) is 18.2 Å². The van der Waals surface area contributed by atoms with Gasteiger partial charge in [-0.25, -0.2) is 4.98 Å². The number of benzene rings is 1. The van der Waals surface area contributed by atoms with Crippen molar-refractivity contribution in [3.8, 4) is 22.8 Å². The third-order valence-electron chi connectivity index (χ3n) is 4.46. The minimum absolute atomic E-state index is 0.0716. The van der Waals surface area contributed by atoms with Crippen LogP contribution in [0.2, 0.25) is 0 Å². The second kappa shape index (κ2) is 7.57. The molecular weight excluding hydrogens is 322 g/mol. The lowest BCUT2D eigenvalue weighted by Crippen LogP contribution is -2.28. The van der Waals surface area contributed by atoms with Gasteiger partial charge in [-0.05, 0) is 12.1 Å². The maximum absolute atomic E-state index is 12.1. The molecule has 2 heterocycles. The molecule has 1 aliphatic rings. The third-order valence-corrected chi connectivity index (χ3v) is 4.46. The molecule has 1 aliphatic heterocycles. The van der Waals surface area contributed by atoms with Crippen LogP contribution in [0.4, 0.5) is 0 Å². The van der Waals surface area contributed by atoms with Crippen LogP contribution < -0.4 is 9.47 Å². The number of rotatable bonds is 7. The Morgan fingerprint density at radius 1 is 1.28 bits per heavy atom. The molecule has 0 spiro atoms. The SMILES string of the molecule is COCCN1CC(c2ncc(-c3ccc(OC)cc3OC)[nH]2)CC1=O. The Bertz CT molecular complexity index is 744. The highest BCUT2D eigenvalue weighted by Crippen LogP contribution is 2.34. The van der Waals surface area contributed by atoms with E-state index >= 15 is 0 Å². The van der Waals surface area contributed by atoms with Gasteiger partial charge in [0.05, 0.1) is 32.7 Å². The topological polar surface area (TPSA) is 76.7 Å². The number of aromatic amines is 1. The van der Waals surface area contributed by atoms with Crippen LogP contribution in [0.3, 0.4) is 0 Å². The van der Waals surface area contributed by atoms with Gasteiger partial charge in [0.1, 0.15) is 17.3 Å². The predicted octanol–water partition coefficient (Wildman–Crippen LogP) is 2.06. The second-order valence-corrected chi connectivity index (χ2v) is 5.98. The molecule has 1 amide bonds. The molecule has 0 saturated carbocycles. The Kier molecular flexibility index (Phi) is 5.23. The molecule has 0 radical (unpaired) electrons. The smallest absolute Gasteiger partial charge is 0.223 e. The molecular formula is C18H23N3O4. The number of imidazole rings is 1. The molecule has 2 aromatic rings. The minimum atomic E-state index is 0.0716. The summed E-state index contributed by atoms with van der Waals surface area (Å²) in [5, 5.41) is 0. The van der Waals surface area contributed by atoms with Gasteiger partial charge in [-0.2, -0.15) is 0 Å². The number of likely N-dealkylation sites (tertiary alicyclic amines) is 1. The lowest BCUT2D eigenvalue weighted by atomic mass is 10.1. The standard InChI is InChI=1S/C18H23N3O4/c1-23-7-6-21-11-12(8-17(21)22)18-19-10-15(20-18)14-5-4-13(24-2)9-16(14)25-3/h4-5,9-10,12H,6-8,11H2,1-3H3,(H,19,20). The first-order chi connectivity index (χ1) is 12.2. The van der Waals surface area contributed by atoms with Crippen molar-refractivity contribution >= 4 is 5.91 Å². The molecule has 134 valence electrons. The van der Waals surface area contributed by atoms with Gasteiger partial charge in [-0.15, -0.1) is 0 Å². The zero-order valence-corrected chi connectivity index (χ0v) is 14.7. The Labute approximate surface area is 146 Å². The Hall–Kier alpha value is -2.54. The molecule has 25 heavy (non-hydrogen) atoms. The van der Waals surface area contributed by atoms with E-state index in [2.05, 4.69) is 9.97 Å². The van der Waals surface area contributed by atoms with Crippen molar-refractivity contribution in [3.05, 3.63) is 30.2 Å². The molecule has 1 N–H and O–H groups in total. The normalized spacial score (nSPS) is 17.2. The molecule has 1 atom stereocenters. The zero-order chi connectivity index (χ0) is 17.8. The number of carbonyl (C=O) groups excluding carboxylic acids is 1. The van der Waals surface area contributed by atoms with Crippen LogP contribution in [-0.4, -0.2) is 61.8 Å². The van der Waals surface area contributed by atoms with Gasteiger partial charge < -0.3 is 24.1 Å². The van der Waals surface area contributed by atoms with Crippen molar-refractivity contribution in [1.82, 2.24) is 14.9 Å². The summed E-state index contributed by atoms with van der Waals surface area (Å²) in [5.74, 6) is 2.47. The molecule has 1 saturated heterocycles. The van der Waals surface area contributed by atoms with E-state index in [1.165, 1.54) is 0 Å². The average Bonchev–Trinajstić information content (AvgIpc) is 3.26. The molecule has 1 aromatic heterocycles. The number of carbonyl (C=O) groups is 1. The lowest BCUT2D eigenvalue weighted by Gasteiger charge is -2.15. The zero-order valence-electron chi connectivity index (χ0n) is 14.7. The van der Waals surface area contributed by atoms with Crippen molar-refractivity contribution in [1.29, 1.82) is 0 Å². The number of amides is 1. The molecule has 7 heteroatoms. The molecule has 3 rings (SSSR count). The number of hydrogen-bond donors (Lipinski definition) is 1. The van der Waals surface area contributed by atoms with E-state index in [-0.39, 0.29) is 11.8 Å². The second-order valence-electron chi connectivity index (χ2n) is 5.98. The first kappa shape index (κ1) is 17.3. The number of ether oxygens (including phenoxy) is 3. The summed E-state index contributed by atoms with van der Waals surface area (Å²) in [7, 11) is 4.88. The van der Waals surface area contributed by atoms with Crippen LogP contribution >= 0.6 is 0 Å². The summed E-state index contributed by atoms with van der Waals surface area (Å²) in [4.78, 5) is 21.8. The lowest BCUT2D eigenvalue weighted by molar-refractivity contribution is -0.128. The predicted molar refractivity (Wildman–Crippen MR) is 92.9 cm³/mol. The fourth-order valence-electron chi connectivity index (χ4n) is 3.07. The summed E-state index contributed by atoms with van der Waals surface area (Å²) in [6.45, 7) is 1.82. The molecule has 1 aromatic carbocycles. The van der Waals surface area contributed by atoms with Crippen molar-refractivity contribution < 1.29 is 19.0 Å². The van der Waals surface area contributed by atoms with E-state index < -0.39 is 0 Å². The highest BCUT2D eigenvalue weighted by molar-refractivity contribution is 5.79. The van der Waals surface area contributed by atoms with E-state index in [9.17, 15) is 4.79 Å². The first-order valence-electron chi connectivity index (χ1n) is 8.20. The van der Waals surface area contributed by atoms with E-state index in [4.69, 9.17) is 14.2 Å². The quantitative estimate of drug-likeness (QED) is 0.831. The Morgan fingerprint density at radius 3 is 2.84 bits per heavy atom. The van der Waals surface area contributed by atoms with Gasteiger partial charge in [0.25, 0.3) is 0 Å². The Morgan fingerprint density at radius 2 is 2.12 bits per heavy atom. The van der Waals surface area contributed by atoms with Crippen molar-refractivity contribution in [3.63, 3.8) is 0 Å². The van der Waals surface area contributed by atoms with Gasteiger partial charge in [-0.3, -0.25) is 4.79 Å². The summed E-state index contributed by atoms with van der Waals surface area (Å²) in [6, 6.07) is 5.64. The van der Waals surface area contributed by atoms with Crippen molar-refractivity contribution in [2.24, 2.45) is 0 Å². The van der Waals surface area contributed by atoms with E-state index in [1.54, 1.807) is 27.5 Å². The van der Waals surface area contributed by atoms with Crippen LogP contribution in [0, 0.1) is 0 Å². The Balaban J connectivity index is 1.78. The van der Waals surface area contributed by atoms with Crippen LogP contribution in [0.15, 0.2) is 24.4 Å². The summed E-state index contributed by atoms with van der Waals surface area (Å²) in [6.07, 6.45) is 2.25. The van der Waals surface area contributed by atoms with Crippen molar-refractivity contribution in [2.75, 3.05) is 41.0 Å². The maximum Gasteiger partial charge on any atom is 0.223 e. The highest BCUT2D eigenvalue weighted by Gasteiger charge is 2.32. The number of nitrogens with one attached hydrogen (secondary N) is 1. The van der Waals surface area contributed by atoms with Gasteiger partial charge in [-0.1, -0.05) is 0 Å². The average molecular weight is 345 g/mol. The fraction of sp³-hybridized carbons (Fsp3) is 0.444. The minimum Gasteiger partial charge on any atom is -0.497 e. The van der Waals surface area contributed by atoms with Crippen LogP contribution in [0.5, 0.6) is 11.5 Å². The van der Waals surface area contributed by atoms with Gasteiger partial charge >= 0.3 is 0 Å². The van der Waals surface area contributed by atoms with Gasteiger partial charge in [0.2, 0.25) is 5.91 Å². The number of aromatic nitrogens is 2. The van der Waals surface area contributed by atoms with E-state index in [1.807, 2.05) is 23.1 Å². The number of methoxy groups -OCH3 is 3. The molecule has 0 bridgehead atoms. The molecule has 7 nitrogen and oxygen atoms in total. The molecule has 1 unspecified atom stereocenters. The summed E-state index contributed by atoms with van der Waals surface area (Å²) in [5.41, 5.74) is 1.76. The number of H-pyrrole nitrogens is 1. The van der Waals surface area contributed by atoms with Crippen LogP contribution in [-0.2, 0) is 9.53 Å². The summed E-state index contributed by atoms with van der Waals surface area (Å²) >= 11 is 0. The van der Waals surface area contributed by atoms with Crippen molar-refractivity contribution in [2.45, 2.75) is 12.3 Å². The maximum atomic E-state index is 12.1. The van der Waals surface area contributed by atoms with E-state index in [0.717, 1.165) is 22.8 Å². The summed E-state index contributed by atoms with van der Waals surface area (Å²) < 4.78 is 15.7. The fourth-order valence-corrected chi connectivity index (χ4v) is 3.07. The number of nitrogens with zero attached hydrogens (tertiary/aromatic N) is 2. The first-order valence-corrected chi connectivity index (χ1v) is 8.20. The van der Waals surface area contributed by atoms with Gasteiger partial charge in [0.15, 0.2) is 0 Å². The third kappa shape index (κ3) is 3.61. The monoisotopic (exact) mass is 345 g/mol. The largest absolute Gasteiger partial charge is 0.497 e. The van der Waals surface area contributed by atoms with Gasteiger partial charge in [0, 0.05) is 44.2 Å². The molecule has 1 fully saturated rings. The van der Waals surface area contributed by atoms with Crippen LogP contribution in [0.25, 0.3) is 11.3 Å². The molecule has 0 aliphatic carbocycles. The highest BCUT2D eigenvalue weighted by atomic mass is 16.5. The van der Waals surface area contributed by atoms with E-state index in [0.29, 0.717) is 31.9 Å². The number of hydrogen-bond acceptors (Lipinski definition) is 5.